The highest BCUT2D eigenvalue weighted by Gasteiger charge is 2.73. The third-order valence-corrected chi connectivity index (χ3v) is 8.20. The summed E-state index contributed by atoms with van der Waals surface area (Å²) in [5, 5.41) is 33.4. The fourth-order valence-corrected chi connectivity index (χ4v) is 6.96. The maximum absolute atomic E-state index is 11.7. The average molecular weight is 418 g/mol. The molecule has 0 aromatic heterocycles. The van der Waals surface area contributed by atoms with Gasteiger partial charge in [-0.15, -0.1) is 0 Å². The van der Waals surface area contributed by atoms with E-state index < -0.39 is 29.1 Å². The number of nitrogens with one attached hydrogen (secondary N) is 1. The number of hydrogen-bond acceptors (Lipinski definition) is 7. The summed E-state index contributed by atoms with van der Waals surface area (Å²) >= 11 is 0. The molecule has 7 atom stereocenters. The van der Waals surface area contributed by atoms with Gasteiger partial charge in [0.25, 0.3) is 0 Å². The van der Waals surface area contributed by atoms with Crippen LogP contribution in [0.1, 0.15) is 37.3 Å². The molecule has 1 aromatic carbocycles. The summed E-state index contributed by atoms with van der Waals surface area (Å²) in [5.41, 5.74) is 1.26. The van der Waals surface area contributed by atoms with Crippen molar-refractivity contribution in [2.75, 3.05) is 20.7 Å². The van der Waals surface area contributed by atoms with E-state index in [1.165, 1.54) is 12.5 Å². The van der Waals surface area contributed by atoms with E-state index in [-0.39, 0.29) is 23.9 Å². The van der Waals surface area contributed by atoms with Crippen LogP contribution in [0.4, 0.5) is 0 Å². The quantitative estimate of drug-likeness (QED) is 0.551. The number of methoxy groups -OCH3 is 1. The summed E-state index contributed by atoms with van der Waals surface area (Å²) in [6.07, 6.45) is 1.60. The van der Waals surface area contributed by atoms with E-state index in [4.69, 9.17) is 9.47 Å². The van der Waals surface area contributed by atoms with Crippen LogP contribution < -0.4 is 10.1 Å². The number of aliphatic carboxylic acids is 1. The lowest BCUT2D eigenvalue weighted by Crippen LogP contribution is -2.78. The number of aliphatic hydroxyl groups is 1. The smallest absolute Gasteiger partial charge is 0.323 e. The second kappa shape index (κ2) is 6.56. The average Bonchev–Trinajstić information content (AvgIpc) is 3.06. The molecule has 0 amide bonds. The molecule has 1 saturated carbocycles. The van der Waals surface area contributed by atoms with E-state index in [1.54, 1.807) is 13.2 Å². The minimum Gasteiger partial charge on any atom is -0.504 e. The number of carboxylic acid groups (broad SMARTS) is 1. The first-order valence-electron chi connectivity index (χ1n) is 10.7. The van der Waals surface area contributed by atoms with Crippen LogP contribution in [-0.2, 0) is 21.4 Å². The number of carboxylic acids is 1. The number of phenols is 1. The van der Waals surface area contributed by atoms with Gasteiger partial charge in [-0.25, -0.2) is 0 Å². The molecule has 5 rings (SSSR count). The lowest BCUT2D eigenvalue weighted by molar-refractivity contribution is -0.204. The highest BCUT2D eigenvalue weighted by molar-refractivity contribution is 5.74. The Morgan fingerprint density at radius 3 is 2.83 bits per heavy atom. The maximum atomic E-state index is 11.7. The summed E-state index contributed by atoms with van der Waals surface area (Å²) < 4.78 is 12.8. The zero-order valence-corrected chi connectivity index (χ0v) is 17.6. The molecule has 2 heterocycles. The number of carbonyl (C=O) groups is 1. The Bertz CT molecular complexity index is 891. The van der Waals surface area contributed by atoms with Crippen LogP contribution in [0.15, 0.2) is 12.1 Å². The highest BCUT2D eigenvalue weighted by Crippen LogP contribution is 2.66. The van der Waals surface area contributed by atoms with Gasteiger partial charge in [-0.3, -0.25) is 10.1 Å². The van der Waals surface area contributed by atoms with Crippen LogP contribution in [0.5, 0.6) is 11.5 Å². The SMILES string of the molecule is CO[C@@]12CC[C@@H](NC(C(=O)O)C(C)O)[C@@H]3Oc4c(O)ccc5c4[C@@]31CCN(C)C2C5. The van der Waals surface area contributed by atoms with Crippen LogP contribution in [0.25, 0.3) is 0 Å². The van der Waals surface area contributed by atoms with Crippen molar-refractivity contribution in [2.45, 2.75) is 74.0 Å². The third-order valence-electron chi connectivity index (χ3n) is 8.20. The molecule has 0 radical (unpaired) electrons. The largest absolute Gasteiger partial charge is 0.504 e. The van der Waals surface area contributed by atoms with E-state index in [2.05, 4.69) is 17.3 Å². The third kappa shape index (κ3) is 2.28. The number of aromatic hydroxyl groups is 1. The number of likely N-dealkylation sites (N-methyl/N-ethyl adjacent to an activating group) is 1. The van der Waals surface area contributed by atoms with Gasteiger partial charge in [0.2, 0.25) is 0 Å². The van der Waals surface area contributed by atoms with Gasteiger partial charge in [-0.1, -0.05) is 6.07 Å². The molecule has 1 saturated heterocycles. The molecule has 30 heavy (non-hydrogen) atoms. The lowest BCUT2D eigenvalue weighted by atomic mass is 9.48. The molecule has 1 aromatic rings. The Morgan fingerprint density at radius 1 is 1.40 bits per heavy atom. The van der Waals surface area contributed by atoms with E-state index in [1.807, 2.05) is 6.07 Å². The van der Waals surface area contributed by atoms with Crippen LogP contribution in [0.2, 0.25) is 0 Å². The standard InChI is InChI=1S/C22H30N2O6/c1-11(25)17(20(27)28)23-13-6-7-22(29-3)15-10-12-4-5-14(26)18-16(12)21(22,19(13)30-18)8-9-24(15)2/h4-5,11,13,15,17,19,23,25-26H,6-10H2,1-3H3,(H,27,28)/t11?,13-,15?,17?,19+,21+,22-/m1/s1. The minimum absolute atomic E-state index is 0.115. The van der Waals surface area contributed by atoms with E-state index >= 15 is 0 Å². The molecule has 164 valence electrons. The Labute approximate surface area is 175 Å². The number of hydrogen-bond donors (Lipinski definition) is 4. The van der Waals surface area contributed by atoms with Crippen molar-refractivity contribution in [3.63, 3.8) is 0 Å². The normalized spacial score (nSPS) is 38.5. The first-order valence-corrected chi connectivity index (χ1v) is 10.7. The zero-order valence-electron chi connectivity index (χ0n) is 17.6. The summed E-state index contributed by atoms with van der Waals surface area (Å²) in [5.74, 6) is -0.460. The summed E-state index contributed by atoms with van der Waals surface area (Å²) in [6, 6.07) is 2.48. The van der Waals surface area contributed by atoms with Gasteiger partial charge in [0.05, 0.1) is 17.1 Å². The number of likely N-dealkylation sites (tertiary alicyclic amines) is 1. The van der Waals surface area contributed by atoms with Crippen molar-refractivity contribution in [3.8, 4) is 11.5 Å². The number of ether oxygens (including phenoxy) is 2. The fraction of sp³-hybridized carbons (Fsp3) is 0.682. The highest BCUT2D eigenvalue weighted by atomic mass is 16.5. The fourth-order valence-electron chi connectivity index (χ4n) is 6.96. The van der Waals surface area contributed by atoms with E-state index in [9.17, 15) is 20.1 Å². The van der Waals surface area contributed by atoms with Crippen LogP contribution in [-0.4, -0.2) is 82.8 Å². The molecule has 8 heteroatoms. The van der Waals surface area contributed by atoms with Crippen LogP contribution in [0.3, 0.4) is 0 Å². The Kier molecular flexibility index (Phi) is 4.39. The zero-order chi connectivity index (χ0) is 21.4. The first-order chi connectivity index (χ1) is 14.3. The number of piperidine rings is 1. The van der Waals surface area contributed by atoms with Crippen molar-refractivity contribution in [2.24, 2.45) is 0 Å². The molecule has 3 unspecified atom stereocenters. The first kappa shape index (κ1) is 20.1. The number of phenolic OH excluding ortho intramolecular Hbond substituents is 1. The second-order valence-electron chi connectivity index (χ2n) is 9.37. The van der Waals surface area contributed by atoms with Crippen molar-refractivity contribution in [1.82, 2.24) is 10.2 Å². The van der Waals surface area contributed by atoms with Gasteiger partial charge in [-0.05, 0) is 57.8 Å². The summed E-state index contributed by atoms with van der Waals surface area (Å²) in [7, 11) is 3.90. The molecule has 4 aliphatic rings. The van der Waals surface area contributed by atoms with Gasteiger partial charge < -0.3 is 29.7 Å². The van der Waals surface area contributed by atoms with E-state index in [0.717, 1.165) is 31.4 Å². The van der Waals surface area contributed by atoms with Gasteiger partial charge >= 0.3 is 5.97 Å². The monoisotopic (exact) mass is 418 g/mol. The van der Waals surface area contributed by atoms with Crippen molar-refractivity contribution in [1.29, 1.82) is 0 Å². The predicted octanol–water partition coefficient (Wildman–Crippen LogP) is 0.622. The van der Waals surface area contributed by atoms with Gasteiger partial charge in [0.1, 0.15) is 12.1 Å². The summed E-state index contributed by atoms with van der Waals surface area (Å²) in [4.78, 5) is 14.1. The number of aliphatic hydroxyl groups excluding tert-OH is 1. The van der Waals surface area contributed by atoms with Crippen LogP contribution >= 0.6 is 0 Å². The topological polar surface area (TPSA) is 111 Å². The van der Waals surface area contributed by atoms with Gasteiger partial charge in [0, 0.05) is 24.8 Å². The number of benzene rings is 1. The van der Waals surface area contributed by atoms with E-state index in [0.29, 0.717) is 12.2 Å². The minimum atomic E-state index is -1.09. The summed E-state index contributed by atoms with van der Waals surface area (Å²) in [6.45, 7) is 2.35. The Balaban J connectivity index is 1.67. The second-order valence-corrected chi connectivity index (χ2v) is 9.37. The predicted molar refractivity (Wildman–Crippen MR) is 108 cm³/mol. The molecule has 4 N–H and O–H groups in total. The maximum Gasteiger partial charge on any atom is 0.323 e. The van der Waals surface area contributed by atoms with Gasteiger partial charge in [-0.2, -0.15) is 0 Å². The molecule has 1 spiro atoms. The molecular formula is C22H30N2O6. The molecule has 2 fully saturated rings. The van der Waals surface area contributed by atoms with Crippen LogP contribution in [0, 0.1) is 0 Å². The lowest BCUT2D eigenvalue weighted by Gasteiger charge is -2.65. The van der Waals surface area contributed by atoms with Crippen molar-refractivity contribution < 1.29 is 29.6 Å². The Morgan fingerprint density at radius 2 is 2.17 bits per heavy atom. The molecule has 2 aliphatic carbocycles. The molecule has 2 bridgehead atoms. The molecule has 2 aliphatic heterocycles. The van der Waals surface area contributed by atoms with Crippen molar-refractivity contribution >= 4 is 5.97 Å². The van der Waals surface area contributed by atoms with Gasteiger partial charge in [0.15, 0.2) is 11.5 Å². The molecule has 8 nitrogen and oxygen atoms in total. The van der Waals surface area contributed by atoms with Crippen molar-refractivity contribution in [3.05, 3.63) is 23.3 Å². The number of nitrogens with zero attached hydrogens (tertiary/aromatic N) is 1. The Hall–Kier alpha value is -1.87. The number of rotatable bonds is 5. The molecular weight excluding hydrogens is 388 g/mol.